The Kier molecular flexibility index (Phi) is 9.44. The van der Waals surface area contributed by atoms with Gasteiger partial charge < -0.3 is 26.6 Å². The highest BCUT2D eigenvalue weighted by Gasteiger charge is 2.70. The van der Waals surface area contributed by atoms with E-state index in [1.54, 1.807) is 0 Å². The number of Topliss-reactive ketones (excluding diaryl/α,β-unsaturated/α-hetero) is 1. The molecular weight excluding hydrogens is 602 g/mol. The van der Waals surface area contributed by atoms with E-state index in [1.807, 2.05) is 55.4 Å². The maximum absolute atomic E-state index is 14.2. The molecule has 6 atom stereocenters. The average molecular weight is 654 g/mol. The largest absolute Gasteiger partial charge is 0.363 e. The summed E-state index contributed by atoms with van der Waals surface area (Å²) < 4.78 is 28.5. The maximum Gasteiger partial charge on any atom is 0.315 e. The van der Waals surface area contributed by atoms with E-state index in [0.29, 0.717) is 13.0 Å². The van der Waals surface area contributed by atoms with Crippen molar-refractivity contribution in [2.45, 2.75) is 98.8 Å². The Balaban J connectivity index is 1.52. The van der Waals surface area contributed by atoms with E-state index in [0.717, 1.165) is 12.8 Å². The summed E-state index contributed by atoms with van der Waals surface area (Å²) in [5.41, 5.74) is 3.81. The van der Waals surface area contributed by atoms with Crippen LogP contribution in [0.4, 0.5) is 4.79 Å². The third-order valence-corrected chi connectivity index (χ3v) is 11.6. The molecule has 0 radical (unpaired) electrons. The smallest absolute Gasteiger partial charge is 0.315 e. The number of hydrogen-bond donors (Lipinski definition) is 5. The molecule has 0 bridgehead atoms. The van der Waals surface area contributed by atoms with Gasteiger partial charge in [-0.25, -0.2) is 9.52 Å². The number of piperidine rings is 1. The number of nitrogens with two attached hydrogens (primary N) is 1. The number of hydrogen-bond acceptors (Lipinski definition) is 7. The zero-order valence-corrected chi connectivity index (χ0v) is 28.5. The number of nitrogens with one attached hydrogen (secondary N) is 4. The van der Waals surface area contributed by atoms with Crippen molar-refractivity contribution in [1.82, 2.24) is 29.9 Å². The molecule has 254 valence electrons. The molecule has 15 heteroatoms. The van der Waals surface area contributed by atoms with E-state index >= 15 is 0 Å². The molecule has 2 saturated carbocycles. The zero-order valence-electron chi connectivity index (χ0n) is 27.7. The van der Waals surface area contributed by atoms with Gasteiger partial charge in [0.2, 0.25) is 17.6 Å². The molecule has 4 rings (SSSR count). The fraction of sp³-hybridized carbons (Fsp3) is 0.833. The Labute approximate surface area is 266 Å². The monoisotopic (exact) mass is 653 g/mol. The summed E-state index contributed by atoms with van der Waals surface area (Å²) in [6.07, 6.45) is 2.14. The summed E-state index contributed by atoms with van der Waals surface area (Å²) >= 11 is 0. The van der Waals surface area contributed by atoms with Gasteiger partial charge in [0.25, 0.3) is 16.1 Å². The third-order valence-electron chi connectivity index (χ3n) is 10.0. The molecule has 0 aromatic rings. The van der Waals surface area contributed by atoms with Crippen molar-refractivity contribution in [2.75, 3.05) is 26.2 Å². The Bertz CT molecular complexity index is 1330. The first-order valence-corrected chi connectivity index (χ1v) is 17.3. The molecule has 2 aliphatic heterocycles. The normalized spacial score (nSPS) is 27.6. The van der Waals surface area contributed by atoms with E-state index in [1.165, 1.54) is 9.21 Å². The van der Waals surface area contributed by atoms with Gasteiger partial charge in [-0.1, -0.05) is 68.2 Å². The van der Waals surface area contributed by atoms with Crippen LogP contribution in [0.1, 0.15) is 74.7 Å². The van der Waals surface area contributed by atoms with Crippen molar-refractivity contribution in [3.05, 3.63) is 0 Å². The molecule has 14 nitrogen and oxygen atoms in total. The van der Waals surface area contributed by atoms with Gasteiger partial charge in [0.05, 0.1) is 6.04 Å². The second kappa shape index (κ2) is 12.1. The number of primary amides is 1. The average Bonchev–Trinajstić information content (AvgIpc) is 3.69. The van der Waals surface area contributed by atoms with Crippen LogP contribution in [0, 0.1) is 34.0 Å². The Morgan fingerprint density at radius 3 is 2.09 bits per heavy atom. The second-order valence-electron chi connectivity index (χ2n) is 16.0. The standard InChI is InChI=1S/C30H51N7O7S/c1-28(2,3)19(15-36-12-11-32-45(36,43)44)34-27(42)35-23(29(4,5)6)26(41)37-14-17-20(30(17,7)8)21(37)25(40)33-18(13-16-9-10-16)22(38)24(31)39/h16-21,23,32H,9-15H2,1-8H3,(H2,31,39)(H,33,40)(H2,34,35,42)/t17-,18?,19+,20-,21-,23+/m0/s1. The molecule has 2 heterocycles. The molecule has 45 heavy (non-hydrogen) atoms. The summed E-state index contributed by atoms with van der Waals surface area (Å²) in [6.45, 7) is 16.1. The van der Waals surface area contributed by atoms with Crippen LogP contribution in [0.5, 0.6) is 0 Å². The molecule has 4 aliphatic rings. The molecule has 0 spiro atoms. The third kappa shape index (κ3) is 7.62. The number of fused-ring (bicyclic) bond motifs is 1. The molecule has 2 saturated heterocycles. The number of rotatable bonds is 11. The molecule has 0 aromatic carbocycles. The van der Waals surface area contributed by atoms with Crippen molar-refractivity contribution in [1.29, 1.82) is 0 Å². The minimum Gasteiger partial charge on any atom is -0.363 e. The molecule has 4 fully saturated rings. The van der Waals surface area contributed by atoms with Gasteiger partial charge in [-0.3, -0.25) is 19.2 Å². The van der Waals surface area contributed by atoms with Gasteiger partial charge >= 0.3 is 6.03 Å². The number of carbonyl (C=O) groups is 5. The topological polar surface area (TPSA) is 200 Å². The van der Waals surface area contributed by atoms with Gasteiger partial charge in [0, 0.05) is 32.2 Å². The summed E-state index contributed by atoms with van der Waals surface area (Å²) in [6, 6.07) is -4.17. The van der Waals surface area contributed by atoms with Crippen LogP contribution >= 0.6 is 0 Å². The van der Waals surface area contributed by atoms with Crippen molar-refractivity contribution in [3.8, 4) is 0 Å². The van der Waals surface area contributed by atoms with Crippen LogP contribution < -0.4 is 26.4 Å². The first-order chi connectivity index (χ1) is 20.6. The van der Waals surface area contributed by atoms with E-state index in [2.05, 4.69) is 20.7 Å². The van der Waals surface area contributed by atoms with Crippen LogP contribution in [-0.4, -0.2) is 97.5 Å². The van der Waals surface area contributed by atoms with Crippen LogP contribution in [0.15, 0.2) is 0 Å². The van der Waals surface area contributed by atoms with Crippen molar-refractivity contribution >= 4 is 39.7 Å². The highest BCUT2D eigenvalue weighted by Crippen LogP contribution is 2.65. The first-order valence-electron chi connectivity index (χ1n) is 15.8. The number of nitrogens with zero attached hydrogens (tertiary/aromatic N) is 2. The van der Waals surface area contributed by atoms with Crippen LogP contribution in [0.2, 0.25) is 0 Å². The highest BCUT2D eigenvalue weighted by molar-refractivity contribution is 7.87. The van der Waals surface area contributed by atoms with Crippen molar-refractivity contribution in [2.24, 2.45) is 39.7 Å². The quantitative estimate of drug-likeness (QED) is 0.195. The summed E-state index contributed by atoms with van der Waals surface area (Å²) in [5, 5.41) is 8.47. The zero-order chi connectivity index (χ0) is 33.9. The van der Waals surface area contributed by atoms with Crippen LogP contribution in [0.25, 0.3) is 0 Å². The molecule has 6 N–H and O–H groups in total. The summed E-state index contributed by atoms with van der Waals surface area (Å²) in [7, 11) is -3.63. The lowest BCUT2D eigenvalue weighted by molar-refractivity contribution is -0.145. The number of urea groups is 1. The lowest BCUT2D eigenvalue weighted by atomic mass is 9.85. The Hall–Kier alpha value is -2.78. The minimum atomic E-state index is -3.63. The molecule has 2 aliphatic carbocycles. The van der Waals surface area contributed by atoms with Gasteiger partial charge in [-0.15, -0.1) is 0 Å². The fourth-order valence-corrected chi connectivity index (χ4v) is 7.95. The Morgan fingerprint density at radius 2 is 1.60 bits per heavy atom. The van der Waals surface area contributed by atoms with E-state index < -0.39 is 74.7 Å². The van der Waals surface area contributed by atoms with E-state index in [4.69, 9.17) is 5.73 Å². The number of ketones is 1. The second-order valence-corrected chi connectivity index (χ2v) is 17.7. The first kappa shape index (κ1) is 35.1. The van der Waals surface area contributed by atoms with Gasteiger partial charge in [0.1, 0.15) is 12.1 Å². The number of amides is 5. The van der Waals surface area contributed by atoms with Crippen molar-refractivity contribution in [3.63, 3.8) is 0 Å². The molecule has 5 amide bonds. The van der Waals surface area contributed by atoms with E-state index in [9.17, 15) is 32.4 Å². The molecule has 1 unspecified atom stereocenters. The summed E-state index contributed by atoms with van der Waals surface area (Å²) in [5.74, 6) is -2.76. The summed E-state index contributed by atoms with van der Waals surface area (Å²) in [4.78, 5) is 67.4. The lowest BCUT2D eigenvalue weighted by Crippen LogP contribution is -2.62. The number of likely N-dealkylation sites (tertiary alicyclic amines) is 1. The van der Waals surface area contributed by atoms with Crippen molar-refractivity contribution < 1.29 is 32.4 Å². The predicted molar refractivity (Wildman–Crippen MR) is 166 cm³/mol. The van der Waals surface area contributed by atoms with E-state index in [-0.39, 0.29) is 42.8 Å². The maximum atomic E-state index is 14.2. The minimum absolute atomic E-state index is 0.0548. The fourth-order valence-electron chi connectivity index (χ4n) is 6.75. The molecule has 0 aromatic heterocycles. The van der Waals surface area contributed by atoms with Gasteiger partial charge in [-0.2, -0.15) is 12.7 Å². The highest BCUT2D eigenvalue weighted by atomic mass is 32.2. The van der Waals surface area contributed by atoms with Gasteiger partial charge in [0.15, 0.2) is 0 Å². The van der Waals surface area contributed by atoms with Crippen LogP contribution in [0.3, 0.4) is 0 Å². The predicted octanol–water partition coefficient (Wildman–Crippen LogP) is 0.0873. The van der Waals surface area contributed by atoms with Gasteiger partial charge in [-0.05, 0) is 40.4 Å². The van der Waals surface area contributed by atoms with Crippen LogP contribution in [-0.2, 0) is 29.4 Å². The molecular formula is C30H51N7O7S. The number of carbonyl (C=O) groups excluding carboxylic acids is 5. The Morgan fingerprint density at radius 1 is 0.978 bits per heavy atom. The SMILES string of the molecule is CC(C)(C)[C@H](NC(=O)N[C@H](CN1CCNS1(=O)=O)C(C)(C)C)C(=O)N1C[C@H]2[C@@H]([C@H]1C(=O)NC(CC1CC1)C(=O)C(N)=O)C2(C)C. The lowest BCUT2D eigenvalue weighted by Gasteiger charge is -2.39.